The van der Waals surface area contributed by atoms with Crippen LogP contribution in [-0.2, 0) is 77.1 Å². The Morgan fingerprint density at radius 1 is 0.248 bits per heavy atom. The fourth-order valence-electron chi connectivity index (χ4n) is 16.9. The van der Waals surface area contributed by atoms with Crippen molar-refractivity contribution < 1.29 is 163 Å². The third-order valence-electron chi connectivity index (χ3n) is 23.2. The van der Waals surface area contributed by atoms with Crippen molar-refractivity contribution in [2.75, 3.05) is 52.7 Å². The summed E-state index contributed by atoms with van der Waals surface area (Å²) in [6.45, 7) is -6.11. The van der Waals surface area contributed by atoms with E-state index in [1.165, 1.54) is 0 Å². The molecule has 21 saturated heterocycles. The van der Waals surface area contributed by atoms with E-state index < -0.39 is 265 Å². The molecule has 6 aromatic rings. The number of aliphatic hydroxyl groups excluding tert-OH is 19. The normalized spacial score (nSPS) is 40.7. The Labute approximate surface area is 671 Å². The lowest BCUT2D eigenvalue weighted by atomic mass is 9.69. The molecule has 638 valence electrons. The number of hydrogen-bond acceptors (Lipinski definition) is 35. The average Bonchev–Trinajstić information content (AvgIpc) is 0.796. The molecule has 35 nitrogen and oxygen atoms in total. The van der Waals surface area contributed by atoms with Crippen molar-refractivity contribution in [3.63, 3.8) is 0 Å². The van der Waals surface area contributed by atoms with E-state index in [2.05, 4.69) is 5.32 Å². The molecular weight excluding hydrogens is 1540 g/mol. The third kappa shape index (κ3) is 17.5. The predicted octanol–water partition coefficient (Wildman–Crippen LogP) is -5.49. The number of hydrogen-bond donors (Lipinski definition) is 20. The average molecular weight is 1640 g/mol. The third-order valence-corrected chi connectivity index (χ3v) is 23.2. The standard InChI is InChI=1S/C82H102N2O33/c85-33-48-69-57(94)64(101)78(108-48)115-71-50(35-87)106-76(62(99)55(71)92)111-67-46(31-83-38-81(40-19-7-1-8-20-40,41-21-9-2-10-22-41)42-23-11-3-12-24-42)105-75(61(98)54(67)91)114-70-49(34-86)109-79(65(102)58(70)95)117-73-52(37-89)110-80(66(103)59(73)96)116-72-51(36-88)107-77(63(100)56(72)93)112-68-47(104-74(113-69)60(97)53(68)90)32-84-39-82(43-25-13-4-14-26-43,44-27-15-5-16-28-44)45-29-17-6-18-30-45/h1-30,38,46-80,84-103H,31-37,39H2. The van der Waals surface area contributed by atoms with Crippen LogP contribution in [0.2, 0.25) is 0 Å². The van der Waals surface area contributed by atoms with Gasteiger partial charge in [0.1, 0.15) is 171 Å². The highest BCUT2D eigenvalue weighted by Crippen LogP contribution is 2.44. The van der Waals surface area contributed by atoms with Crippen molar-refractivity contribution in [3.8, 4) is 0 Å². The quantitative estimate of drug-likeness (QED) is 0.0282. The molecule has 0 aromatic heterocycles. The van der Waals surface area contributed by atoms with E-state index in [-0.39, 0.29) is 13.1 Å². The minimum atomic E-state index is -2.25. The molecule has 0 aliphatic carbocycles. The minimum Gasteiger partial charge on any atom is -0.394 e. The molecule has 0 radical (unpaired) electrons. The topological polar surface area (TPSA) is 538 Å². The van der Waals surface area contributed by atoms with Crippen molar-refractivity contribution in [3.05, 3.63) is 215 Å². The van der Waals surface area contributed by atoms with Gasteiger partial charge in [0.05, 0.1) is 50.4 Å². The summed E-state index contributed by atoms with van der Waals surface area (Å²) in [6.07, 6.45) is -69.4. The molecule has 21 aliphatic rings. The van der Waals surface area contributed by atoms with Crippen LogP contribution in [0.1, 0.15) is 33.4 Å². The summed E-state index contributed by atoms with van der Waals surface area (Å²) in [7, 11) is 0. The monoisotopic (exact) mass is 1640 g/mol. The number of ether oxygens (including phenoxy) is 14. The van der Waals surface area contributed by atoms with Crippen molar-refractivity contribution >= 4 is 6.21 Å². The number of rotatable bonds is 18. The smallest absolute Gasteiger partial charge is 0.187 e. The van der Waals surface area contributed by atoms with Crippen LogP contribution in [0.3, 0.4) is 0 Å². The molecule has 20 N–H and O–H groups in total. The molecular formula is C82H102N2O33. The van der Waals surface area contributed by atoms with Gasteiger partial charge >= 0.3 is 0 Å². The summed E-state index contributed by atoms with van der Waals surface area (Å²) in [6, 6.07) is 56.3. The molecule has 21 heterocycles. The van der Waals surface area contributed by atoms with Gasteiger partial charge in [-0.15, -0.1) is 0 Å². The van der Waals surface area contributed by atoms with Gasteiger partial charge in [0, 0.05) is 19.3 Å². The fraction of sp³-hybridized carbons (Fsp3) is 0.549. The summed E-state index contributed by atoms with van der Waals surface area (Å²) in [5.41, 5.74) is 2.52. The zero-order valence-corrected chi connectivity index (χ0v) is 62.9. The first-order valence-electron chi connectivity index (χ1n) is 38.9. The van der Waals surface area contributed by atoms with Crippen LogP contribution in [0.4, 0.5) is 0 Å². The zero-order chi connectivity index (χ0) is 82.6. The van der Waals surface area contributed by atoms with Gasteiger partial charge in [0.25, 0.3) is 0 Å². The second kappa shape index (κ2) is 38.4. The van der Waals surface area contributed by atoms with Crippen LogP contribution in [-0.4, -0.2) is 371 Å². The minimum absolute atomic E-state index is 0.0567. The second-order valence-corrected chi connectivity index (χ2v) is 30.3. The Morgan fingerprint density at radius 3 is 0.675 bits per heavy atom. The molecule has 35 heteroatoms. The van der Waals surface area contributed by atoms with Gasteiger partial charge in [-0.2, -0.15) is 0 Å². The zero-order valence-electron chi connectivity index (χ0n) is 62.9. The van der Waals surface area contributed by atoms with Crippen LogP contribution >= 0.6 is 0 Å². The molecule has 21 fully saturated rings. The van der Waals surface area contributed by atoms with Crippen LogP contribution < -0.4 is 5.32 Å². The molecule has 117 heavy (non-hydrogen) atoms. The molecule has 0 amide bonds. The Morgan fingerprint density at radius 2 is 0.444 bits per heavy atom. The number of nitrogens with one attached hydrogen (secondary N) is 1. The molecule has 14 bridgehead atoms. The molecule has 27 rings (SSSR count). The maximum atomic E-state index is 12.4. The van der Waals surface area contributed by atoms with Crippen LogP contribution in [0, 0.1) is 0 Å². The molecule has 0 saturated carbocycles. The van der Waals surface area contributed by atoms with Gasteiger partial charge in [0.15, 0.2) is 44.0 Å². The van der Waals surface area contributed by atoms with E-state index in [1.54, 1.807) is 6.21 Å². The summed E-state index contributed by atoms with van der Waals surface area (Å²) in [4.78, 5) is 4.95. The highest BCUT2D eigenvalue weighted by molar-refractivity contribution is 5.85. The molecule has 0 spiro atoms. The second-order valence-electron chi connectivity index (χ2n) is 30.3. The fourth-order valence-corrected chi connectivity index (χ4v) is 16.9. The first-order valence-corrected chi connectivity index (χ1v) is 38.9. The van der Waals surface area contributed by atoms with E-state index in [0.717, 1.165) is 33.4 Å². The van der Waals surface area contributed by atoms with Gasteiger partial charge in [-0.25, -0.2) is 0 Å². The van der Waals surface area contributed by atoms with Gasteiger partial charge < -0.3 is 169 Å². The van der Waals surface area contributed by atoms with Crippen molar-refractivity contribution in [2.24, 2.45) is 4.99 Å². The number of aliphatic imine (C=N–C) groups is 1. The Hall–Kier alpha value is -6.37. The van der Waals surface area contributed by atoms with E-state index in [9.17, 15) is 97.0 Å². The first kappa shape index (κ1) is 87.0. The highest BCUT2D eigenvalue weighted by Gasteiger charge is 2.60. The predicted molar refractivity (Wildman–Crippen MR) is 399 cm³/mol. The molecule has 6 aromatic carbocycles. The first-order chi connectivity index (χ1) is 56.6. The maximum Gasteiger partial charge on any atom is 0.187 e. The summed E-state index contributed by atoms with van der Waals surface area (Å²) in [5.74, 6) is 0. The van der Waals surface area contributed by atoms with Crippen LogP contribution in [0.15, 0.2) is 187 Å². The van der Waals surface area contributed by atoms with E-state index in [0.29, 0.717) is 0 Å². The van der Waals surface area contributed by atoms with Gasteiger partial charge in [-0.3, -0.25) is 4.99 Å². The summed E-state index contributed by atoms with van der Waals surface area (Å²) >= 11 is 0. The molecule has 35 atom stereocenters. The van der Waals surface area contributed by atoms with E-state index in [1.807, 2.05) is 182 Å². The van der Waals surface area contributed by atoms with Crippen molar-refractivity contribution in [1.82, 2.24) is 5.32 Å². The highest BCUT2D eigenvalue weighted by atomic mass is 16.8. The van der Waals surface area contributed by atoms with Gasteiger partial charge in [-0.1, -0.05) is 182 Å². The van der Waals surface area contributed by atoms with Gasteiger partial charge in [0.2, 0.25) is 0 Å². The molecule has 35 unspecified atom stereocenters. The van der Waals surface area contributed by atoms with Crippen molar-refractivity contribution in [1.29, 1.82) is 0 Å². The van der Waals surface area contributed by atoms with Crippen LogP contribution in [0.25, 0.3) is 0 Å². The summed E-state index contributed by atoms with van der Waals surface area (Å²) in [5, 5.41) is 227. The summed E-state index contributed by atoms with van der Waals surface area (Å²) < 4.78 is 86.1. The number of aliphatic hydroxyl groups is 19. The maximum absolute atomic E-state index is 12.4. The lowest BCUT2D eigenvalue weighted by molar-refractivity contribution is -0.395. The Bertz CT molecular complexity index is 3860. The van der Waals surface area contributed by atoms with Crippen LogP contribution in [0.5, 0.6) is 0 Å². The Balaban J connectivity index is 0.795. The van der Waals surface area contributed by atoms with Crippen molar-refractivity contribution in [2.45, 2.75) is 226 Å². The number of nitrogens with zero attached hydrogens (tertiary/aromatic N) is 1. The lowest BCUT2D eigenvalue weighted by Gasteiger charge is -2.50. The van der Waals surface area contributed by atoms with Gasteiger partial charge in [-0.05, 0) is 33.4 Å². The van der Waals surface area contributed by atoms with E-state index in [4.69, 9.17) is 71.3 Å². The molecule has 21 aliphatic heterocycles. The number of benzene rings is 6. The van der Waals surface area contributed by atoms with E-state index >= 15 is 0 Å². The lowest BCUT2D eigenvalue weighted by Crippen LogP contribution is -2.68. The SMILES string of the molecule is OCC1OC2OC3C(CO)OC(OC4C(CNCC(c5ccccc5)(c5ccccc5)c5ccccc5)OC(OC5C(CO)OC(OC6C(CO)OC(OC7C(CN=CC(c8ccccc8)(c8ccccc8)c8ccccc8)OC(OC8C(CO)OC(OC1C(O)C2O)C(O)C8O)C(O)C7O)C(O)C6O)C(O)C5O)C(O)C4O)C(O)C3O. The Kier molecular flexibility index (Phi) is 28.5. The largest absolute Gasteiger partial charge is 0.394 e.